The first-order valence-corrected chi connectivity index (χ1v) is 18.7. The van der Waals surface area contributed by atoms with E-state index in [9.17, 15) is 32.4 Å². The van der Waals surface area contributed by atoms with Crippen LogP contribution in [-0.4, -0.2) is 73.4 Å². The SMILES string of the molecule is CC(C)(C)[C@H](NC(=O)[C@@H](NS(=O)(=O)c1ccccc1)C1CCCCC1)C(=O)N1CC2[C@@H]([C@H]1C(=O)NC(CC1CC1)C(=O)C(N)=O)C2(C)C. The molecule has 5 N–H and O–H groups in total. The maximum atomic E-state index is 14.5. The van der Waals surface area contributed by atoms with Crippen LogP contribution in [-0.2, 0) is 34.0 Å². The Balaban J connectivity index is 1.39. The van der Waals surface area contributed by atoms with Gasteiger partial charge in [-0.3, -0.25) is 24.0 Å². The summed E-state index contributed by atoms with van der Waals surface area (Å²) >= 11 is 0. The van der Waals surface area contributed by atoms with Gasteiger partial charge in [0.2, 0.25) is 33.5 Å². The van der Waals surface area contributed by atoms with E-state index in [2.05, 4.69) is 15.4 Å². The van der Waals surface area contributed by atoms with Gasteiger partial charge in [-0.25, -0.2) is 8.42 Å². The van der Waals surface area contributed by atoms with E-state index in [1.807, 2.05) is 34.6 Å². The van der Waals surface area contributed by atoms with E-state index in [4.69, 9.17) is 5.73 Å². The summed E-state index contributed by atoms with van der Waals surface area (Å²) in [6, 6.07) is 3.73. The normalized spacial score (nSPS) is 25.7. The van der Waals surface area contributed by atoms with E-state index < -0.39 is 69.0 Å². The van der Waals surface area contributed by atoms with Crippen molar-refractivity contribution in [2.75, 3.05) is 6.54 Å². The van der Waals surface area contributed by atoms with E-state index in [1.165, 1.54) is 17.0 Å². The number of primary amides is 1. The van der Waals surface area contributed by atoms with Crippen LogP contribution in [0.4, 0.5) is 0 Å². The zero-order valence-electron chi connectivity index (χ0n) is 28.7. The highest BCUT2D eigenvalue weighted by Crippen LogP contribution is 2.65. The fraction of sp³-hybridized carbons (Fsp3) is 0.686. The molecule has 6 atom stereocenters. The lowest BCUT2D eigenvalue weighted by Gasteiger charge is -2.39. The Hall–Kier alpha value is -3.32. The lowest BCUT2D eigenvalue weighted by Crippen LogP contribution is -2.62. The maximum Gasteiger partial charge on any atom is 0.287 e. The lowest BCUT2D eigenvalue weighted by atomic mass is 9.82. The lowest BCUT2D eigenvalue weighted by molar-refractivity contribution is -0.146. The average molecular weight is 686 g/mol. The summed E-state index contributed by atoms with van der Waals surface area (Å²) < 4.78 is 29.5. The molecule has 5 rings (SSSR count). The summed E-state index contributed by atoms with van der Waals surface area (Å²) in [4.78, 5) is 68.6. The number of fused-ring (bicyclic) bond motifs is 1. The fourth-order valence-corrected chi connectivity index (χ4v) is 9.16. The number of hydrogen-bond donors (Lipinski definition) is 4. The molecule has 1 heterocycles. The minimum absolute atomic E-state index is 0.0370. The van der Waals surface area contributed by atoms with Crippen molar-refractivity contribution in [1.29, 1.82) is 0 Å². The van der Waals surface area contributed by atoms with E-state index in [1.54, 1.807) is 18.2 Å². The molecule has 1 aromatic carbocycles. The van der Waals surface area contributed by atoms with Crippen LogP contribution in [0.15, 0.2) is 35.2 Å². The van der Waals surface area contributed by atoms with Crippen LogP contribution in [0.25, 0.3) is 0 Å². The minimum atomic E-state index is -4.04. The molecule has 13 heteroatoms. The molecule has 0 spiro atoms. The van der Waals surface area contributed by atoms with Gasteiger partial charge in [-0.2, -0.15) is 4.72 Å². The van der Waals surface area contributed by atoms with Gasteiger partial charge in [-0.15, -0.1) is 0 Å². The van der Waals surface area contributed by atoms with Gasteiger partial charge in [0.25, 0.3) is 5.91 Å². The Morgan fingerprint density at radius 1 is 0.958 bits per heavy atom. The van der Waals surface area contributed by atoms with Crippen LogP contribution in [0.1, 0.15) is 86.0 Å². The summed E-state index contributed by atoms with van der Waals surface area (Å²) in [5, 5.41) is 5.68. The molecule has 48 heavy (non-hydrogen) atoms. The number of likely N-dealkylation sites (tertiary alicyclic amines) is 1. The molecule has 0 bridgehead atoms. The summed E-state index contributed by atoms with van der Waals surface area (Å²) in [6.45, 7) is 9.81. The highest BCUT2D eigenvalue weighted by atomic mass is 32.2. The van der Waals surface area contributed by atoms with E-state index in [-0.39, 0.29) is 34.0 Å². The van der Waals surface area contributed by atoms with Crippen molar-refractivity contribution in [2.24, 2.45) is 40.2 Å². The largest absolute Gasteiger partial charge is 0.363 e. The highest BCUT2D eigenvalue weighted by Gasteiger charge is 2.70. The number of amides is 4. The van der Waals surface area contributed by atoms with Crippen molar-refractivity contribution < 1.29 is 32.4 Å². The summed E-state index contributed by atoms with van der Waals surface area (Å²) in [5.74, 6) is -3.69. The molecule has 2 unspecified atom stereocenters. The number of benzene rings is 1. The van der Waals surface area contributed by atoms with Gasteiger partial charge in [-0.05, 0) is 65.9 Å². The topological polar surface area (TPSA) is 185 Å². The van der Waals surface area contributed by atoms with Crippen molar-refractivity contribution in [1.82, 2.24) is 20.3 Å². The monoisotopic (exact) mass is 685 g/mol. The first kappa shape index (κ1) is 36.0. The number of hydrogen-bond acceptors (Lipinski definition) is 7. The third-order valence-corrected chi connectivity index (χ3v) is 12.5. The van der Waals surface area contributed by atoms with Crippen LogP contribution < -0.4 is 21.1 Å². The molecule has 1 aromatic rings. The van der Waals surface area contributed by atoms with Gasteiger partial charge in [0, 0.05) is 6.54 Å². The molecule has 4 aliphatic rings. The summed E-state index contributed by atoms with van der Waals surface area (Å²) in [7, 11) is -4.04. The predicted molar refractivity (Wildman–Crippen MR) is 178 cm³/mol. The molecule has 4 fully saturated rings. The third kappa shape index (κ3) is 7.61. The standard InChI is InChI=1S/C35H51N5O7S/c1-34(2,3)29(38-31(43)26(21-12-8-6-9-13-21)39-48(46,47)22-14-10-7-11-15-22)33(45)40-19-23-25(35(23,4)5)27(40)32(44)37-24(18-20-16-17-20)28(41)30(36)42/h7,10-11,14-15,20-21,23-27,29,39H,6,8-9,12-13,16-19H2,1-5H3,(H2,36,42)(H,37,44)(H,38,43)/t23?,24?,25-,26-,27-,29+/m0/s1. The highest BCUT2D eigenvalue weighted by molar-refractivity contribution is 7.89. The van der Waals surface area contributed by atoms with E-state index in [0.717, 1.165) is 32.1 Å². The second kappa shape index (κ2) is 13.5. The van der Waals surface area contributed by atoms with Gasteiger partial charge >= 0.3 is 0 Å². The first-order valence-electron chi connectivity index (χ1n) is 17.3. The second-order valence-electron chi connectivity index (χ2n) is 16.0. The average Bonchev–Trinajstić information content (AvgIpc) is 3.89. The summed E-state index contributed by atoms with van der Waals surface area (Å²) in [5.41, 5.74) is 4.29. The molecule has 1 aliphatic heterocycles. The van der Waals surface area contributed by atoms with Gasteiger partial charge in [-0.1, -0.05) is 84.9 Å². The Morgan fingerprint density at radius 3 is 2.15 bits per heavy atom. The molecule has 264 valence electrons. The Kier molecular flexibility index (Phi) is 10.1. The number of nitrogens with two attached hydrogens (primary N) is 1. The van der Waals surface area contributed by atoms with Crippen molar-refractivity contribution >= 4 is 39.4 Å². The van der Waals surface area contributed by atoms with Crippen LogP contribution in [0.2, 0.25) is 0 Å². The molecule has 0 aromatic heterocycles. The first-order chi connectivity index (χ1) is 22.4. The van der Waals surface area contributed by atoms with Crippen molar-refractivity contribution in [2.45, 2.75) is 115 Å². The molecule has 0 radical (unpaired) electrons. The minimum Gasteiger partial charge on any atom is -0.363 e. The number of carbonyl (C=O) groups is 5. The Morgan fingerprint density at radius 2 is 1.58 bits per heavy atom. The van der Waals surface area contributed by atoms with Gasteiger partial charge < -0.3 is 21.3 Å². The molecular formula is C35H51N5O7S. The fourth-order valence-electron chi connectivity index (χ4n) is 7.87. The number of piperidine rings is 1. The van der Waals surface area contributed by atoms with Crippen molar-refractivity contribution in [3.8, 4) is 0 Å². The van der Waals surface area contributed by atoms with Crippen molar-refractivity contribution in [3.05, 3.63) is 30.3 Å². The number of ketones is 1. The number of sulfonamides is 1. The zero-order chi connectivity index (χ0) is 35.2. The quantitative estimate of drug-likeness (QED) is 0.230. The zero-order valence-corrected chi connectivity index (χ0v) is 29.5. The number of Topliss-reactive ketones (excluding diaryl/α,β-unsaturated/α-hetero) is 1. The van der Waals surface area contributed by atoms with Gasteiger partial charge in [0.1, 0.15) is 18.1 Å². The number of carbonyl (C=O) groups excluding carboxylic acids is 5. The number of nitrogens with one attached hydrogen (secondary N) is 3. The number of nitrogens with zero attached hydrogens (tertiary/aromatic N) is 1. The smallest absolute Gasteiger partial charge is 0.287 e. The van der Waals surface area contributed by atoms with E-state index >= 15 is 0 Å². The second-order valence-corrected chi connectivity index (χ2v) is 17.7. The third-order valence-electron chi connectivity index (χ3n) is 11.0. The Bertz CT molecular complexity index is 1530. The predicted octanol–water partition coefficient (Wildman–Crippen LogP) is 2.27. The van der Waals surface area contributed by atoms with Crippen LogP contribution >= 0.6 is 0 Å². The Labute approximate surface area is 283 Å². The molecule has 12 nitrogen and oxygen atoms in total. The van der Waals surface area contributed by atoms with E-state index in [0.29, 0.717) is 25.8 Å². The van der Waals surface area contributed by atoms with Crippen LogP contribution in [0.5, 0.6) is 0 Å². The van der Waals surface area contributed by atoms with Crippen LogP contribution in [0.3, 0.4) is 0 Å². The van der Waals surface area contributed by atoms with Crippen LogP contribution in [0, 0.1) is 34.5 Å². The van der Waals surface area contributed by atoms with Gasteiger partial charge in [0.15, 0.2) is 0 Å². The number of rotatable bonds is 13. The van der Waals surface area contributed by atoms with Crippen molar-refractivity contribution in [3.63, 3.8) is 0 Å². The molecule has 3 saturated carbocycles. The van der Waals surface area contributed by atoms with Gasteiger partial charge in [0.05, 0.1) is 10.9 Å². The molecule has 3 aliphatic carbocycles. The molecule has 4 amide bonds. The molecule has 1 saturated heterocycles. The molecular weight excluding hydrogens is 634 g/mol. The summed E-state index contributed by atoms with van der Waals surface area (Å²) in [6.07, 6.45) is 6.20. The maximum absolute atomic E-state index is 14.5.